The molecule has 0 aromatic heterocycles. The normalized spacial score (nSPS) is 20.3. The van der Waals surface area contributed by atoms with Crippen LogP contribution < -0.4 is 11.1 Å². The Kier molecular flexibility index (Phi) is 4.88. The second-order valence-electron chi connectivity index (χ2n) is 7.99. The predicted octanol–water partition coefficient (Wildman–Crippen LogP) is 0.257. The second kappa shape index (κ2) is 6.86. The molecule has 0 radical (unpaired) electrons. The Balaban J connectivity index is 1.80. The zero-order chi connectivity index (χ0) is 19.9. The molecule has 2 aliphatic heterocycles. The smallest absolute Gasteiger partial charge is 0.262 e. The maximum atomic E-state index is 12.8. The lowest BCUT2D eigenvalue weighted by atomic mass is 10.0. The quantitative estimate of drug-likeness (QED) is 0.717. The Morgan fingerprint density at radius 2 is 1.85 bits per heavy atom. The van der Waals surface area contributed by atoms with Crippen LogP contribution in [0.15, 0.2) is 18.2 Å². The third kappa shape index (κ3) is 3.91. The summed E-state index contributed by atoms with van der Waals surface area (Å²) in [6, 6.07) is 4.18. The molecule has 0 aliphatic carbocycles. The molecule has 3 N–H and O–H groups in total. The summed E-state index contributed by atoms with van der Waals surface area (Å²) in [4.78, 5) is 51.9. The molecule has 1 unspecified atom stereocenters. The highest BCUT2D eigenvalue weighted by atomic mass is 16.2. The number of hydrogen-bond donors (Lipinski definition) is 2. The van der Waals surface area contributed by atoms with Crippen molar-refractivity contribution in [1.82, 2.24) is 15.1 Å². The number of rotatable bonds is 5. The number of fused-ring (bicyclic) bond motifs is 1. The third-order valence-electron chi connectivity index (χ3n) is 4.63. The summed E-state index contributed by atoms with van der Waals surface area (Å²) >= 11 is 0. The van der Waals surface area contributed by atoms with E-state index < -0.39 is 23.8 Å². The Bertz CT molecular complexity index is 827. The molecule has 8 heteroatoms. The van der Waals surface area contributed by atoms with E-state index in [0.717, 1.165) is 10.5 Å². The standard InChI is InChI=1S/C19H24N4O4/c1-19(2,20)10-22(3)9-11-4-5-12-13(8-11)18(27)23(17(12)26)14-6-7-15(24)21-16(14)25/h4-5,8,14H,6-7,9-10,20H2,1-3H3,(H,21,24,25). The van der Waals surface area contributed by atoms with Gasteiger partial charge in [-0.1, -0.05) is 6.07 Å². The molecular weight excluding hydrogens is 348 g/mol. The molecule has 1 aromatic carbocycles. The Labute approximate surface area is 157 Å². The van der Waals surface area contributed by atoms with Gasteiger partial charge in [-0.15, -0.1) is 0 Å². The first-order valence-electron chi connectivity index (χ1n) is 8.89. The van der Waals surface area contributed by atoms with Crippen molar-refractivity contribution < 1.29 is 19.2 Å². The summed E-state index contributed by atoms with van der Waals surface area (Å²) in [5, 5.41) is 2.19. The molecule has 0 spiro atoms. The van der Waals surface area contributed by atoms with Gasteiger partial charge in [0.05, 0.1) is 11.1 Å². The number of piperidine rings is 1. The fraction of sp³-hybridized carbons (Fsp3) is 0.474. The summed E-state index contributed by atoms with van der Waals surface area (Å²) in [6.07, 6.45) is 0.256. The summed E-state index contributed by atoms with van der Waals surface area (Å²) in [5.41, 5.74) is 7.15. The number of likely N-dealkylation sites (N-methyl/N-ethyl adjacent to an activating group) is 1. The number of carbonyl (C=O) groups excluding carboxylic acids is 4. The van der Waals surface area contributed by atoms with Crippen molar-refractivity contribution in [3.63, 3.8) is 0 Å². The first kappa shape index (κ1) is 19.2. The van der Waals surface area contributed by atoms with Crippen LogP contribution in [0.3, 0.4) is 0 Å². The number of carbonyl (C=O) groups is 4. The molecule has 2 heterocycles. The average Bonchev–Trinajstić information content (AvgIpc) is 2.77. The average molecular weight is 372 g/mol. The molecule has 27 heavy (non-hydrogen) atoms. The lowest BCUT2D eigenvalue weighted by Crippen LogP contribution is -2.54. The van der Waals surface area contributed by atoms with Crippen LogP contribution in [-0.4, -0.2) is 58.6 Å². The van der Waals surface area contributed by atoms with Crippen molar-refractivity contribution in [2.24, 2.45) is 5.73 Å². The number of amides is 4. The van der Waals surface area contributed by atoms with E-state index in [1.807, 2.05) is 25.8 Å². The van der Waals surface area contributed by atoms with Crippen LogP contribution in [0.1, 0.15) is 53.0 Å². The van der Waals surface area contributed by atoms with Crippen molar-refractivity contribution in [1.29, 1.82) is 0 Å². The van der Waals surface area contributed by atoms with E-state index in [4.69, 9.17) is 5.73 Å². The highest BCUT2D eigenvalue weighted by Crippen LogP contribution is 2.28. The highest BCUT2D eigenvalue weighted by molar-refractivity contribution is 6.23. The second-order valence-corrected chi connectivity index (χ2v) is 7.99. The van der Waals surface area contributed by atoms with E-state index >= 15 is 0 Å². The lowest BCUT2D eigenvalue weighted by molar-refractivity contribution is -0.136. The van der Waals surface area contributed by atoms with Gasteiger partial charge in [-0.05, 0) is 45.0 Å². The predicted molar refractivity (Wildman–Crippen MR) is 97.7 cm³/mol. The van der Waals surface area contributed by atoms with E-state index in [1.165, 1.54) is 0 Å². The van der Waals surface area contributed by atoms with Crippen molar-refractivity contribution in [3.05, 3.63) is 34.9 Å². The minimum Gasteiger partial charge on any atom is -0.324 e. The molecule has 1 aromatic rings. The summed E-state index contributed by atoms with van der Waals surface area (Å²) in [5.74, 6) is -1.98. The van der Waals surface area contributed by atoms with Crippen LogP contribution in [-0.2, 0) is 16.1 Å². The van der Waals surface area contributed by atoms with E-state index in [-0.39, 0.29) is 29.9 Å². The number of benzene rings is 1. The molecule has 2 aliphatic rings. The largest absolute Gasteiger partial charge is 0.324 e. The summed E-state index contributed by atoms with van der Waals surface area (Å²) < 4.78 is 0. The molecular formula is C19H24N4O4. The first-order chi connectivity index (χ1) is 12.6. The van der Waals surface area contributed by atoms with Crippen molar-refractivity contribution >= 4 is 23.6 Å². The highest BCUT2D eigenvalue weighted by Gasteiger charge is 2.44. The zero-order valence-corrected chi connectivity index (χ0v) is 15.7. The van der Waals surface area contributed by atoms with Crippen LogP contribution >= 0.6 is 0 Å². The molecule has 4 amide bonds. The molecule has 0 saturated carbocycles. The lowest BCUT2D eigenvalue weighted by Gasteiger charge is -2.27. The summed E-state index contributed by atoms with van der Waals surface area (Å²) in [6.45, 7) is 5.12. The monoisotopic (exact) mass is 372 g/mol. The van der Waals surface area contributed by atoms with Crippen LogP contribution in [0.2, 0.25) is 0 Å². The van der Waals surface area contributed by atoms with Gasteiger partial charge in [0.1, 0.15) is 6.04 Å². The Hall–Kier alpha value is -2.58. The van der Waals surface area contributed by atoms with E-state index in [2.05, 4.69) is 5.32 Å². The molecule has 1 atom stereocenters. The van der Waals surface area contributed by atoms with E-state index in [9.17, 15) is 19.2 Å². The minimum atomic E-state index is -0.945. The third-order valence-corrected chi connectivity index (χ3v) is 4.63. The molecule has 1 fully saturated rings. The minimum absolute atomic E-state index is 0.106. The fourth-order valence-corrected chi connectivity index (χ4v) is 3.68. The van der Waals surface area contributed by atoms with Gasteiger partial charge in [0.2, 0.25) is 11.8 Å². The van der Waals surface area contributed by atoms with Crippen LogP contribution in [0.4, 0.5) is 0 Å². The van der Waals surface area contributed by atoms with Crippen LogP contribution in [0.5, 0.6) is 0 Å². The number of nitrogens with zero attached hydrogens (tertiary/aromatic N) is 2. The van der Waals surface area contributed by atoms with Gasteiger partial charge >= 0.3 is 0 Å². The van der Waals surface area contributed by atoms with Gasteiger partial charge in [-0.25, -0.2) is 0 Å². The van der Waals surface area contributed by atoms with Gasteiger partial charge in [0.15, 0.2) is 0 Å². The van der Waals surface area contributed by atoms with Gasteiger partial charge < -0.3 is 10.6 Å². The molecule has 0 bridgehead atoms. The topological polar surface area (TPSA) is 113 Å². The maximum absolute atomic E-state index is 12.8. The number of nitrogens with two attached hydrogens (primary N) is 1. The molecule has 3 rings (SSSR count). The van der Waals surface area contributed by atoms with Gasteiger partial charge in [0, 0.05) is 25.0 Å². The molecule has 144 valence electrons. The van der Waals surface area contributed by atoms with Crippen molar-refractivity contribution in [2.75, 3.05) is 13.6 Å². The van der Waals surface area contributed by atoms with Gasteiger partial charge in [-0.2, -0.15) is 0 Å². The van der Waals surface area contributed by atoms with E-state index in [0.29, 0.717) is 18.7 Å². The van der Waals surface area contributed by atoms with Crippen LogP contribution in [0, 0.1) is 0 Å². The number of hydrogen-bond acceptors (Lipinski definition) is 6. The SMILES string of the molecule is CN(Cc1ccc2c(c1)C(=O)N(C1CCC(=O)NC1=O)C2=O)CC(C)(C)N. The van der Waals surface area contributed by atoms with Crippen molar-refractivity contribution in [3.8, 4) is 0 Å². The zero-order valence-electron chi connectivity index (χ0n) is 15.7. The van der Waals surface area contributed by atoms with E-state index in [1.54, 1.807) is 18.2 Å². The number of imide groups is 2. The van der Waals surface area contributed by atoms with Gasteiger partial charge in [0.25, 0.3) is 11.8 Å². The summed E-state index contributed by atoms with van der Waals surface area (Å²) in [7, 11) is 1.94. The molecule has 8 nitrogen and oxygen atoms in total. The maximum Gasteiger partial charge on any atom is 0.262 e. The fourth-order valence-electron chi connectivity index (χ4n) is 3.68. The van der Waals surface area contributed by atoms with Crippen LogP contribution in [0.25, 0.3) is 0 Å². The number of nitrogens with one attached hydrogen (secondary N) is 1. The van der Waals surface area contributed by atoms with Gasteiger partial charge in [-0.3, -0.25) is 29.4 Å². The first-order valence-corrected chi connectivity index (χ1v) is 8.89. The Morgan fingerprint density at radius 1 is 1.19 bits per heavy atom. The van der Waals surface area contributed by atoms with Crippen molar-refractivity contribution in [2.45, 2.75) is 44.8 Å². The molecule has 1 saturated heterocycles. The Morgan fingerprint density at radius 3 is 2.48 bits per heavy atom.